The fourth-order valence-corrected chi connectivity index (χ4v) is 2.59. The molecule has 0 aliphatic carbocycles. The van der Waals surface area contributed by atoms with E-state index >= 15 is 0 Å². The van der Waals surface area contributed by atoms with Crippen molar-refractivity contribution in [3.63, 3.8) is 0 Å². The highest BCUT2D eigenvalue weighted by Crippen LogP contribution is 2.17. The first-order valence-corrected chi connectivity index (χ1v) is 7.45. The van der Waals surface area contributed by atoms with Gasteiger partial charge in [-0.25, -0.2) is 0 Å². The molecular weight excluding hydrogens is 282 g/mol. The second-order valence-electron chi connectivity index (χ2n) is 5.63. The van der Waals surface area contributed by atoms with Crippen LogP contribution in [-0.4, -0.2) is 42.8 Å². The number of carbonyl (C=O) groups excluding carboxylic acids is 3. The molecule has 1 aliphatic rings. The first-order chi connectivity index (χ1) is 10.5. The molecule has 1 aromatic carbocycles. The van der Waals surface area contributed by atoms with Crippen LogP contribution < -0.4 is 0 Å². The van der Waals surface area contributed by atoms with Gasteiger partial charge in [-0.15, -0.1) is 0 Å². The molecule has 0 aromatic heterocycles. The number of hydrogen-bond acceptors (Lipinski definition) is 4. The highest BCUT2D eigenvalue weighted by molar-refractivity contribution is 6.01. The van der Waals surface area contributed by atoms with Crippen molar-refractivity contribution in [3.8, 4) is 0 Å². The van der Waals surface area contributed by atoms with E-state index in [2.05, 4.69) is 4.74 Å². The maximum Gasteiger partial charge on any atom is 0.316 e. The maximum atomic E-state index is 12.2. The third-order valence-electron chi connectivity index (χ3n) is 4.01. The average molecular weight is 303 g/mol. The molecule has 118 valence electrons. The third-order valence-corrected chi connectivity index (χ3v) is 4.01. The number of nitrogens with zero attached hydrogens (tertiary/aromatic N) is 1. The predicted molar refractivity (Wildman–Crippen MR) is 81.2 cm³/mol. The number of likely N-dealkylation sites (tertiary alicyclic amines) is 1. The zero-order chi connectivity index (χ0) is 16.1. The Hall–Kier alpha value is -2.17. The zero-order valence-electron chi connectivity index (χ0n) is 13.0. The van der Waals surface area contributed by atoms with E-state index in [4.69, 9.17) is 0 Å². The molecule has 0 radical (unpaired) electrons. The van der Waals surface area contributed by atoms with Gasteiger partial charge in [-0.2, -0.15) is 0 Å². The van der Waals surface area contributed by atoms with Crippen molar-refractivity contribution in [2.24, 2.45) is 5.92 Å². The van der Waals surface area contributed by atoms with Crippen molar-refractivity contribution in [2.75, 3.05) is 20.2 Å². The normalized spacial score (nSPS) is 18.2. The van der Waals surface area contributed by atoms with Crippen LogP contribution in [0.5, 0.6) is 0 Å². The molecule has 1 aliphatic heterocycles. The van der Waals surface area contributed by atoms with Crippen molar-refractivity contribution >= 4 is 17.7 Å². The van der Waals surface area contributed by atoms with Crippen molar-refractivity contribution in [3.05, 3.63) is 35.4 Å². The van der Waals surface area contributed by atoms with Crippen molar-refractivity contribution in [1.82, 2.24) is 4.90 Å². The summed E-state index contributed by atoms with van der Waals surface area (Å²) >= 11 is 0. The van der Waals surface area contributed by atoms with Gasteiger partial charge >= 0.3 is 5.97 Å². The molecule has 0 saturated carbocycles. The monoisotopic (exact) mass is 303 g/mol. The summed E-state index contributed by atoms with van der Waals surface area (Å²) in [4.78, 5) is 37.1. The third kappa shape index (κ3) is 3.93. The number of piperidine rings is 1. The number of ketones is 1. The molecule has 2 rings (SSSR count). The van der Waals surface area contributed by atoms with E-state index in [-0.39, 0.29) is 18.2 Å². The van der Waals surface area contributed by atoms with E-state index in [1.807, 2.05) is 31.2 Å². The van der Waals surface area contributed by atoms with Crippen LogP contribution in [0.1, 0.15) is 24.0 Å². The second-order valence-corrected chi connectivity index (χ2v) is 5.63. The Labute approximate surface area is 130 Å². The van der Waals surface area contributed by atoms with Crippen LogP contribution in [0.4, 0.5) is 0 Å². The summed E-state index contributed by atoms with van der Waals surface area (Å²) in [6.45, 7) is 2.46. The van der Waals surface area contributed by atoms with Crippen molar-refractivity contribution < 1.29 is 19.1 Å². The van der Waals surface area contributed by atoms with E-state index in [0.29, 0.717) is 25.8 Å². The first-order valence-electron chi connectivity index (χ1n) is 7.45. The number of esters is 1. The summed E-state index contributed by atoms with van der Waals surface area (Å²) in [5.41, 5.74) is 2.29. The summed E-state index contributed by atoms with van der Waals surface area (Å²) in [5, 5.41) is 0. The Morgan fingerprint density at radius 3 is 2.55 bits per heavy atom. The highest BCUT2D eigenvalue weighted by atomic mass is 16.5. The first kappa shape index (κ1) is 16.2. The number of ether oxygens (including phenoxy) is 1. The molecule has 22 heavy (non-hydrogen) atoms. The molecule has 1 saturated heterocycles. The number of benzene rings is 1. The number of rotatable bonds is 4. The maximum absolute atomic E-state index is 12.2. The number of aryl methyl sites for hydroxylation is 2. The Morgan fingerprint density at radius 2 is 1.95 bits per heavy atom. The van der Waals surface area contributed by atoms with Gasteiger partial charge in [0.25, 0.3) is 0 Å². The van der Waals surface area contributed by atoms with Crippen LogP contribution >= 0.6 is 0 Å². The van der Waals surface area contributed by atoms with Gasteiger partial charge in [-0.3, -0.25) is 14.4 Å². The summed E-state index contributed by atoms with van der Waals surface area (Å²) in [5.74, 6) is -1.50. The fourth-order valence-electron chi connectivity index (χ4n) is 2.59. The molecular formula is C17H21NO4. The van der Waals surface area contributed by atoms with Crippen LogP contribution in [0.25, 0.3) is 0 Å². The molecule has 0 N–H and O–H groups in total. The molecule has 1 atom stereocenters. The van der Waals surface area contributed by atoms with E-state index in [1.165, 1.54) is 17.6 Å². The minimum Gasteiger partial charge on any atom is -0.468 e. The summed E-state index contributed by atoms with van der Waals surface area (Å²) in [6, 6.07) is 8.06. The van der Waals surface area contributed by atoms with Gasteiger partial charge < -0.3 is 9.64 Å². The molecule has 1 amide bonds. The molecule has 1 heterocycles. The van der Waals surface area contributed by atoms with Crippen molar-refractivity contribution in [2.45, 2.75) is 26.2 Å². The molecule has 0 bridgehead atoms. The average Bonchev–Trinajstić information content (AvgIpc) is 2.53. The Bertz CT molecular complexity index is 565. The van der Waals surface area contributed by atoms with Gasteiger partial charge in [0.2, 0.25) is 5.91 Å². The van der Waals surface area contributed by atoms with Gasteiger partial charge in [-0.05, 0) is 25.3 Å². The lowest BCUT2D eigenvalue weighted by molar-refractivity contribution is -0.154. The lowest BCUT2D eigenvalue weighted by atomic mass is 9.95. The summed E-state index contributed by atoms with van der Waals surface area (Å²) in [7, 11) is 1.27. The number of hydrogen-bond donors (Lipinski definition) is 0. The molecule has 0 spiro atoms. The zero-order valence-corrected chi connectivity index (χ0v) is 13.0. The lowest BCUT2D eigenvalue weighted by Gasteiger charge is -2.29. The molecule has 1 fully saturated rings. The molecule has 5 heteroatoms. The lowest BCUT2D eigenvalue weighted by Crippen LogP contribution is -2.46. The number of amides is 1. The topological polar surface area (TPSA) is 63.7 Å². The minimum absolute atomic E-state index is 0.00645. The fraction of sp³-hybridized carbons (Fsp3) is 0.471. The molecule has 1 unspecified atom stereocenters. The van der Waals surface area contributed by atoms with Crippen LogP contribution in [0.2, 0.25) is 0 Å². The highest BCUT2D eigenvalue weighted by Gasteiger charge is 2.34. The molecule has 1 aromatic rings. The van der Waals surface area contributed by atoms with Crippen LogP contribution in [0.3, 0.4) is 0 Å². The largest absolute Gasteiger partial charge is 0.468 e. The van der Waals surface area contributed by atoms with Gasteiger partial charge in [0.05, 0.1) is 13.7 Å². The second kappa shape index (κ2) is 7.20. The Balaban J connectivity index is 1.85. The SMILES string of the molecule is COC(=O)C1CCN(C(=O)CCc2ccc(C)cc2)CC1=O. The Morgan fingerprint density at radius 1 is 1.27 bits per heavy atom. The van der Waals surface area contributed by atoms with Gasteiger partial charge in [0, 0.05) is 13.0 Å². The van der Waals surface area contributed by atoms with E-state index in [1.54, 1.807) is 0 Å². The van der Waals surface area contributed by atoms with Crippen molar-refractivity contribution in [1.29, 1.82) is 0 Å². The quantitative estimate of drug-likeness (QED) is 0.625. The minimum atomic E-state index is -0.717. The van der Waals surface area contributed by atoms with E-state index in [9.17, 15) is 14.4 Å². The van der Waals surface area contributed by atoms with Crippen LogP contribution in [-0.2, 0) is 25.5 Å². The molecule has 5 nitrogen and oxygen atoms in total. The summed E-state index contributed by atoms with van der Waals surface area (Å²) < 4.78 is 4.61. The Kier molecular flexibility index (Phi) is 5.31. The smallest absolute Gasteiger partial charge is 0.316 e. The van der Waals surface area contributed by atoms with Crippen LogP contribution in [0.15, 0.2) is 24.3 Å². The van der Waals surface area contributed by atoms with E-state index < -0.39 is 11.9 Å². The number of methoxy groups -OCH3 is 1. The number of carbonyl (C=O) groups is 3. The van der Waals surface area contributed by atoms with Gasteiger partial charge in [0.15, 0.2) is 5.78 Å². The van der Waals surface area contributed by atoms with Gasteiger partial charge in [-0.1, -0.05) is 29.8 Å². The van der Waals surface area contributed by atoms with E-state index in [0.717, 1.165) is 5.56 Å². The van der Waals surface area contributed by atoms with Crippen LogP contribution in [0, 0.1) is 12.8 Å². The summed E-state index contributed by atoms with van der Waals surface area (Å²) in [6.07, 6.45) is 1.38. The number of Topliss-reactive ketones (excluding diaryl/α,β-unsaturated/α-hetero) is 1. The van der Waals surface area contributed by atoms with Gasteiger partial charge in [0.1, 0.15) is 5.92 Å². The standard InChI is InChI=1S/C17H21NO4/c1-12-3-5-13(6-4-12)7-8-16(20)18-10-9-14(15(19)11-18)17(21)22-2/h3-6,14H,7-11H2,1-2H3. The predicted octanol–water partition coefficient (Wildman–Crippen LogP) is 1.52.